The van der Waals surface area contributed by atoms with Crippen molar-refractivity contribution in [1.29, 1.82) is 0 Å². The van der Waals surface area contributed by atoms with Crippen LogP contribution in [0, 0.1) is 0 Å². The number of hydrogen-bond donors (Lipinski definition) is 1. The van der Waals surface area contributed by atoms with Crippen molar-refractivity contribution in [2.75, 3.05) is 42.9 Å². The van der Waals surface area contributed by atoms with Crippen LogP contribution in [-0.4, -0.2) is 43.5 Å². The number of halogens is 1. The number of amides is 1. The molecule has 0 atom stereocenters. The van der Waals surface area contributed by atoms with E-state index < -0.39 is 0 Å². The number of anilines is 2. The lowest BCUT2D eigenvalue weighted by molar-refractivity contribution is -0.116. The van der Waals surface area contributed by atoms with Crippen molar-refractivity contribution in [3.05, 3.63) is 59.1 Å². The van der Waals surface area contributed by atoms with Crippen LogP contribution in [0.25, 0.3) is 0 Å². The number of likely N-dealkylation sites (N-methyl/N-ethyl adjacent to an activating group) is 1. The third-order valence-electron chi connectivity index (χ3n) is 4.92. The second kappa shape index (κ2) is 9.06. The fourth-order valence-corrected chi connectivity index (χ4v) is 3.55. The number of para-hydroxylation sites is 2. The van der Waals surface area contributed by atoms with Gasteiger partial charge in [0.2, 0.25) is 5.91 Å². The maximum absolute atomic E-state index is 12.4. The monoisotopic (exact) mass is 371 g/mol. The normalized spacial score (nSPS) is 15.1. The van der Waals surface area contributed by atoms with Crippen molar-refractivity contribution in [1.82, 2.24) is 4.90 Å². The minimum atomic E-state index is 0.0181. The summed E-state index contributed by atoms with van der Waals surface area (Å²) in [5.74, 6) is 0.0181. The number of hydrogen-bond acceptors (Lipinski definition) is 3. The summed E-state index contributed by atoms with van der Waals surface area (Å²) in [6, 6.07) is 15.7. The van der Waals surface area contributed by atoms with Gasteiger partial charge in [-0.05, 0) is 36.7 Å². The van der Waals surface area contributed by atoms with Crippen LogP contribution in [0.15, 0.2) is 48.5 Å². The highest BCUT2D eigenvalue weighted by molar-refractivity contribution is 6.31. The fourth-order valence-electron chi connectivity index (χ4n) is 3.32. The first-order valence-corrected chi connectivity index (χ1v) is 9.64. The molecule has 1 saturated heterocycles. The number of benzene rings is 2. The van der Waals surface area contributed by atoms with E-state index in [0.29, 0.717) is 12.8 Å². The number of nitrogens with zero attached hydrogens (tertiary/aromatic N) is 2. The van der Waals surface area contributed by atoms with Crippen molar-refractivity contribution < 1.29 is 4.79 Å². The van der Waals surface area contributed by atoms with Gasteiger partial charge >= 0.3 is 0 Å². The molecule has 1 aliphatic rings. The molecule has 0 bridgehead atoms. The number of carbonyl (C=O) groups is 1. The highest BCUT2D eigenvalue weighted by atomic mass is 35.5. The summed E-state index contributed by atoms with van der Waals surface area (Å²) in [6.07, 6.45) is 1.06. The van der Waals surface area contributed by atoms with E-state index in [-0.39, 0.29) is 5.91 Å². The lowest BCUT2D eigenvalue weighted by Crippen LogP contribution is -2.46. The van der Waals surface area contributed by atoms with Gasteiger partial charge in [-0.1, -0.05) is 48.9 Å². The Morgan fingerprint density at radius 3 is 2.46 bits per heavy atom. The molecule has 1 amide bonds. The quantitative estimate of drug-likeness (QED) is 0.831. The van der Waals surface area contributed by atoms with Gasteiger partial charge < -0.3 is 15.1 Å². The molecule has 4 nitrogen and oxygen atoms in total. The van der Waals surface area contributed by atoms with Gasteiger partial charge in [-0.15, -0.1) is 0 Å². The first-order chi connectivity index (χ1) is 12.7. The van der Waals surface area contributed by atoms with Gasteiger partial charge in [-0.2, -0.15) is 0 Å². The SMILES string of the molecule is CCN1CCN(c2ccccc2NC(=O)CCc2ccccc2Cl)CC1. The summed E-state index contributed by atoms with van der Waals surface area (Å²) >= 11 is 6.18. The Balaban J connectivity index is 1.61. The topological polar surface area (TPSA) is 35.6 Å². The highest BCUT2D eigenvalue weighted by Crippen LogP contribution is 2.27. The lowest BCUT2D eigenvalue weighted by atomic mass is 10.1. The number of nitrogens with one attached hydrogen (secondary N) is 1. The Morgan fingerprint density at radius 1 is 1.04 bits per heavy atom. The number of rotatable bonds is 6. The summed E-state index contributed by atoms with van der Waals surface area (Å²) in [7, 11) is 0. The predicted octanol–water partition coefficient (Wildman–Crippen LogP) is 4.05. The van der Waals surface area contributed by atoms with Gasteiger partial charge in [-0.3, -0.25) is 4.79 Å². The predicted molar refractivity (Wildman–Crippen MR) is 109 cm³/mol. The third kappa shape index (κ3) is 4.77. The van der Waals surface area contributed by atoms with Crippen LogP contribution in [0.1, 0.15) is 18.9 Å². The summed E-state index contributed by atoms with van der Waals surface area (Å²) < 4.78 is 0. The lowest BCUT2D eigenvalue weighted by Gasteiger charge is -2.36. The zero-order valence-electron chi connectivity index (χ0n) is 15.2. The molecule has 1 aliphatic heterocycles. The molecule has 1 N–H and O–H groups in total. The smallest absolute Gasteiger partial charge is 0.224 e. The summed E-state index contributed by atoms with van der Waals surface area (Å²) in [5.41, 5.74) is 3.00. The van der Waals surface area contributed by atoms with Crippen molar-refractivity contribution >= 4 is 28.9 Å². The molecule has 2 aromatic rings. The van der Waals surface area contributed by atoms with Crippen LogP contribution < -0.4 is 10.2 Å². The maximum Gasteiger partial charge on any atom is 0.224 e. The second-order valence-electron chi connectivity index (χ2n) is 6.58. The minimum Gasteiger partial charge on any atom is -0.367 e. The van der Waals surface area contributed by atoms with Gasteiger partial charge in [-0.25, -0.2) is 0 Å². The molecule has 1 heterocycles. The fraction of sp³-hybridized carbons (Fsp3) is 0.381. The summed E-state index contributed by atoms with van der Waals surface area (Å²) in [4.78, 5) is 17.3. The van der Waals surface area contributed by atoms with Crippen LogP contribution in [0.2, 0.25) is 5.02 Å². The van der Waals surface area contributed by atoms with E-state index in [0.717, 1.165) is 54.7 Å². The Morgan fingerprint density at radius 2 is 1.73 bits per heavy atom. The molecular weight excluding hydrogens is 346 g/mol. The van der Waals surface area contributed by atoms with Gasteiger partial charge in [0, 0.05) is 37.6 Å². The standard InChI is InChI=1S/C21H26ClN3O/c1-2-24-13-15-25(16-14-24)20-10-6-5-9-19(20)23-21(26)12-11-17-7-3-4-8-18(17)22/h3-10H,2,11-16H2,1H3,(H,23,26). The van der Waals surface area contributed by atoms with Crippen LogP contribution >= 0.6 is 11.6 Å². The molecule has 138 valence electrons. The summed E-state index contributed by atoms with van der Waals surface area (Å²) in [5, 5.41) is 3.80. The average molecular weight is 372 g/mol. The Hall–Kier alpha value is -2.04. The Kier molecular flexibility index (Phi) is 6.53. The molecule has 0 radical (unpaired) electrons. The van der Waals surface area contributed by atoms with Gasteiger partial charge in [0.05, 0.1) is 11.4 Å². The molecule has 2 aromatic carbocycles. The minimum absolute atomic E-state index is 0.0181. The third-order valence-corrected chi connectivity index (χ3v) is 5.29. The molecule has 26 heavy (non-hydrogen) atoms. The van der Waals surface area contributed by atoms with E-state index in [1.807, 2.05) is 42.5 Å². The highest BCUT2D eigenvalue weighted by Gasteiger charge is 2.18. The second-order valence-corrected chi connectivity index (χ2v) is 6.99. The number of piperazine rings is 1. The first kappa shape index (κ1) is 18.7. The molecule has 3 rings (SSSR count). The van der Waals surface area contributed by atoms with Crippen LogP contribution in [-0.2, 0) is 11.2 Å². The van der Waals surface area contributed by atoms with Crippen molar-refractivity contribution in [3.63, 3.8) is 0 Å². The molecule has 0 aliphatic carbocycles. The molecule has 0 aromatic heterocycles. The molecule has 1 fully saturated rings. The first-order valence-electron chi connectivity index (χ1n) is 9.27. The van der Waals surface area contributed by atoms with Crippen molar-refractivity contribution in [2.24, 2.45) is 0 Å². The largest absolute Gasteiger partial charge is 0.367 e. The van der Waals surface area contributed by atoms with Crippen molar-refractivity contribution in [3.8, 4) is 0 Å². The molecule has 0 spiro atoms. The van der Waals surface area contributed by atoms with Crippen LogP contribution in [0.4, 0.5) is 11.4 Å². The van der Waals surface area contributed by atoms with E-state index in [1.54, 1.807) is 0 Å². The average Bonchev–Trinajstić information content (AvgIpc) is 2.68. The Bertz CT molecular complexity index is 742. The maximum atomic E-state index is 12.4. The van der Waals surface area contributed by atoms with Crippen LogP contribution in [0.5, 0.6) is 0 Å². The molecule has 5 heteroatoms. The van der Waals surface area contributed by atoms with Gasteiger partial charge in [0.15, 0.2) is 0 Å². The van der Waals surface area contributed by atoms with E-state index in [2.05, 4.69) is 28.1 Å². The summed E-state index contributed by atoms with van der Waals surface area (Å²) in [6.45, 7) is 7.38. The van der Waals surface area contributed by atoms with E-state index >= 15 is 0 Å². The van der Waals surface area contributed by atoms with Gasteiger partial charge in [0.25, 0.3) is 0 Å². The zero-order chi connectivity index (χ0) is 18.4. The zero-order valence-corrected chi connectivity index (χ0v) is 16.0. The van der Waals surface area contributed by atoms with E-state index in [1.165, 1.54) is 0 Å². The molecular formula is C21H26ClN3O. The van der Waals surface area contributed by atoms with E-state index in [4.69, 9.17) is 11.6 Å². The van der Waals surface area contributed by atoms with Crippen LogP contribution in [0.3, 0.4) is 0 Å². The van der Waals surface area contributed by atoms with Gasteiger partial charge in [0.1, 0.15) is 0 Å². The van der Waals surface area contributed by atoms with E-state index in [9.17, 15) is 4.79 Å². The van der Waals surface area contributed by atoms with Crippen molar-refractivity contribution in [2.45, 2.75) is 19.8 Å². The Labute approximate surface area is 160 Å². The molecule has 0 saturated carbocycles. The molecule has 0 unspecified atom stereocenters. The number of carbonyl (C=O) groups excluding carboxylic acids is 1. The number of aryl methyl sites for hydroxylation is 1.